The van der Waals surface area contributed by atoms with E-state index in [1.807, 2.05) is 13.8 Å². The number of hydrogen-bond donors (Lipinski definition) is 1. The lowest BCUT2D eigenvalue weighted by Gasteiger charge is -2.38. The highest BCUT2D eigenvalue weighted by Gasteiger charge is 2.34. The fourth-order valence-electron chi connectivity index (χ4n) is 3.13. The zero-order valence-corrected chi connectivity index (χ0v) is 14.4. The van der Waals surface area contributed by atoms with E-state index < -0.39 is 0 Å². The standard InChI is InChI=1S/C19H25N3O2/c1-15(2)24-18-17(20-10-11-21-18)22-14-19(8-12-23-13-9-19)16-6-4-3-5-7-16/h3-7,10-11,15H,8-9,12-14H2,1-2H3,(H,20,22). The quantitative estimate of drug-likeness (QED) is 0.881. The molecule has 1 fully saturated rings. The fraction of sp³-hybridized carbons (Fsp3) is 0.474. The largest absolute Gasteiger partial charge is 0.472 e. The Morgan fingerprint density at radius 3 is 2.54 bits per heavy atom. The third-order valence-corrected chi connectivity index (χ3v) is 4.44. The van der Waals surface area contributed by atoms with Crippen molar-refractivity contribution in [3.05, 3.63) is 48.3 Å². The molecule has 0 aliphatic carbocycles. The Kier molecular flexibility index (Phi) is 5.30. The third-order valence-electron chi connectivity index (χ3n) is 4.44. The average Bonchev–Trinajstić information content (AvgIpc) is 2.62. The summed E-state index contributed by atoms with van der Waals surface area (Å²) in [7, 11) is 0. The fourth-order valence-corrected chi connectivity index (χ4v) is 3.13. The molecule has 0 bridgehead atoms. The lowest BCUT2D eigenvalue weighted by molar-refractivity contribution is 0.0543. The molecule has 2 aromatic rings. The van der Waals surface area contributed by atoms with E-state index in [1.54, 1.807) is 12.4 Å². The van der Waals surface area contributed by atoms with Gasteiger partial charge in [0.1, 0.15) is 0 Å². The van der Waals surface area contributed by atoms with Gasteiger partial charge in [0.05, 0.1) is 6.10 Å². The first-order chi connectivity index (χ1) is 11.7. The van der Waals surface area contributed by atoms with Crippen molar-refractivity contribution in [2.24, 2.45) is 0 Å². The second-order valence-corrected chi connectivity index (χ2v) is 6.49. The molecule has 1 aromatic carbocycles. The smallest absolute Gasteiger partial charge is 0.257 e. The number of nitrogens with one attached hydrogen (secondary N) is 1. The first-order valence-corrected chi connectivity index (χ1v) is 8.54. The molecule has 1 aliphatic heterocycles. The molecule has 0 amide bonds. The summed E-state index contributed by atoms with van der Waals surface area (Å²) < 4.78 is 11.4. The summed E-state index contributed by atoms with van der Waals surface area (Å²) in [5.41, 5.74) is 1.39. The lowest BCUT2D eigenvalue weighted by Crippen LogP contribution is -2.40. The van der Waals surface area contributed by atoms with E-state index in [9.17, 15) is 0 Å². The highest BCUT2D eigenvalue weighted by atomic mass is 16.5. The number of ether oxygens (including phenoxy) is 2. The van der Waals surface area contributed by atoms with Crippen LogP contribution >= 0.6 is 0 Å². The van der Waals surface area contributed by atoms with Gasteiger partial charge in [0.2, 0.25) is 0 Å². The van der Waals surface area contributed by atoms with Crippen molar-refractivity contribution in [2.75, 3.05) is 25.1 Å². The van der Waals surface area contributed by atoms with Gasteiger partial charge in [-0.3, -0.25) is 0 Å². The van der Waals surface area contributed by atoms with Crippen LogP contribution in [-0.4, -0.2) is 35.8 Å². The van der Waals surface area contributed by atoms with Gasteiger partial charge >= 0.3 is 0 Å². The molecular formula is C19H25N3O2. The van der Waals surface area contributed by atoms with E-state index in [1.165, 1.54) is 5.56 Å². The van der Waals surface area contributed by atoms with Gasteiger partial charge in [-0.25, -0.2) is 9.97 Å². The van der Waals surface area contributed by atoms with Crippen molar-refractivity contribution < 1.29 is 9.47 Å². The maximum Gasteiger partial charge on any atom is 0.257 e. The van der Waals surface area contributed by atoms with E-state index in [0.29, 0.717) is 11.7 Å². The summed E-state index contributed by atoms with van der Waals surface area (Å²) in [4.78, 5) is 8.72. The summed E-state index contributed by atoms with van der Waals surface area (Å²) in [5.74, 6) is 1.26. The van der Waals surface area contributed by atoms with Crippen LogP contribution in [0.5, 0.6) is 5.88 Å². The van der Waals surface area contributed by atoms with Gasteiger partial charge in [0, 0.05) is 37.6 Å². The average molecular weight is 327 g/mol. The highest BCUT2D eigenvalue weighted by Crippen LogP contribution is 2.35. The molecule has 128 valence electrons. The van der Waals surface area contributed by atoms with Crippen molar-refractivity contribution in [1.82, 2.24) is 9.97 Å². The van der Waals surface area contributed by atoms with E-state index in [0.717, 1.165) is 32.6 Å². The van der Waals surface area contributed by atoms with Gasteiger partial charge in [-0.1, -0.05) is 30.3 Å². The molecule has 2 heterocycles. The minimum Gasteiger partial charge on any atom is -0.472 e. The third kappa shape index (κ3) is 3.85. The van der Waals surface area contributed by atoms with Crippen LogP contribution in [0.2, 0.25) is 0 Å². The Bertz CT molecular complexity index is 640. The number of anilines is 1. The predicted octanol–water partition coefficient (Wildman–Crippen LogP) is 3.42. The number of aromatic nitrogens is 2. The van der Waals surface area contributed by atoms with E-state index in [-0.39, 0.29) is 11.5 Å². The minimum absolute atomic E-state index is 0.0478. The SMILES string of the molecule is CC(C)Oc1nccnc1NCC1(c2ccccc2)CCOCC1. The predicted molar refractivity (Wildman–Crippen MR) is 94.5 cm³/mol. The van der Waals surface area contributed by atoms with Crippen molar-refractivity contribution in [1.29, 1.82) is 0 Å². The summed E-state index contributed by atoms with van der Waals surface area (Å²) in [6.07, 6.45) is 5.39. The number of rotatable bonds is 6. The molecule has 0 spiro atoms. The maximum absolute atomic E-state index is 5.76. The summed E-state index contributed by atoms with van der Waals surface area (Å²) in [6.45, 7) is 6.33. The topological polar surface area (TPSA) is 56.3 Å². The Labute approximate surface area is 143 Å². The molecule has 24 heavy (non-hydrogen) atoms. The minimum atomic E-state index is 0.0478. The first-order valence-electron chi connectivity index (χ1n) is 8.54. The molecule has 1 N–H and O–H groups in total. The van der Waals surface area contributed by atoms with Crippen LogP contribution in [0, 0.1) is 0 Å². The number of hydrogen-bond acceptors (Lipinski definition) is 5. The van der Waals surface area contributed by atoms with Crippen molar-refractivity contribution in [3.8, 4) is 5.88 Å². The molecule has 1 saturated heterocycles. The van der Waals surface area contributed by atoms with Crippen molar-refractivity contribution in [3.63, 3.8) is 0 Å². The summed E-state index contributed by atoms with van der Waals surface area (Å²) in [6, 6.07) is 10.7. The molecule has 0 saturated carbocycles. The molecular weight excluding hydrogens is 302 g/mol. The Morgan fingerprint density at radius 1 is 1.12 bits per heavy atom. The van der Waals surface area contributed by atoms with Crippen molar-refractivity contribution in [2.45, 2.75) is 38.2 Å². The zero-order chi connectivity index (χ0) is 16.8. The van der Waals surface area contributed by atoms with Crippen LogP contribution in [0.3, 0.4) is 0 Å². The Morgan fingerprint density at radius 2 is 1.83 bits per heavy atom. The Hall–Kier alpha value is -2.14. The number of benzene rings is 1. The van der Waals surface area contributed by atoms with E-state index in [4.69, 9.17) is 9.47 Å². The van der Waals surface area contributed by atoms with Crippen LogP contribution in [-0.2, 0) is 10.2 Å². The molecule has 0 unspecified atom stereocenters. The number of nitrogens with zero attached hydrogens (tertiary/aromatic N) is 2. The molecule has 5 heteroatoms. The zero-order valence-electron chi connectivity index (χ0n) is 14.4. The molecule has 1 aromatic heterocycles. The Balaban J connectivity index is 1.80. The van der Waals surface area contributed by atoms with Crippen LogP contribution in [0.4, 0.5) is 5.82 Å². The van der Waals surface area contributed by atoms with Gasteiger partial charge in [0.25, 0.3) is 5.88 Å². The van der Waals surface area contributed by atoms with E-state index in [2.05, 4.69) is 45.6 Å². The second kappa shape index (κ2) is 7.62. The van der Waals surface area contributed by atoms with Gasteiger partial charge in [-0.15, -0.1) is 0 Å². The molecule has 5 nitrogen and oxygen atoms in total. The van der Waals surface area contributed by atoms with Crippen LogP contribution in [0.15, 0.2) is 42.7 Å². The highest BCUT2D eigenvalue weighted by molar-refractivity contribution is 5.46. The second-order valence-electron chi connectivity index (χ2n) is 6.49. The van der Waals surface area contributed by atoms with E-state index >= 15 is 0 Å². The van der Waals surface area contributed by atoms with Crippen LogP contribution < -0.4 is 10.1 Å². The lowest BCUT2D eigenvalue weighted by atomic mass is 9.74. The molecule has 0 atom stereocenters. The van der Waals surface area contributed by atoms with Gasteiger partial charge in [0.15, 0.2) is 5.82 Å². The molecule has 1 aliphatic rings. The van der Waals surface area contributed by atoms with Gasteiger partial charge in [-0.2, -0.15) is 0 Å². The molecule has 3 rings (SSSR count). The summed E-state index contributed by atoms with van der Waals surface area (Å²) in [5, 5.41) is 3.47. The van der Waals surface area contributed by atoms with Crippen LogP contribution in [0.25, 0.3) is 0 Å². The first kappa shape index (κ1) is 16.7. The van der Waals surface area contributed by atoms with Crippen LogP contribution in [0.1, 0.15) is 32.3 Å². The van der Waals surface area contributed by atoms with Crippen molar-refractivity contribution >= 4 is 5.82 Å². The monoisotopic (exact) mass is 327 g/mol. The normalized spacial score (nSPS) is 16.8. The molecule has 0 radical (unpaired) electrons. The maximum atomic E-state index is 5.76. The van der Waals surface area contributed by atoms with Gasteiger partial charge < -0.3 is 14.8 Å². The van der Waals surface area contributed by atoms with Gasteiger partial charge in [-0.05, 0) is 32.3 Å². The summed E-state index contributed by atoms with van der Waals surface area (Å²) >= 11 is 0.